The number of rotatable bonds is 9. The first-order valence-corrected chi connectivity index (χ1v) is 8.99. The van der Waals surface area contributed by atoms with Crippen LogP contribution in [0.25, 0.3) is 11.0 Å². The van der Waals surface area contributed by atoms with Crippen LogP contribution in [0.3, 0.4) is 0 Å². The van der Waals surface area contributed by atoms with E-state index in [1.807, 2.05) is 18.2 Å². The van der Waals surface area contributed by atoms with Gasteiger partial charge in [0.2, 0.25) is 0 Å². The fourth-order valence-corrected chi connectivity index (χ4v) is 2.96. The SMILES string of the molecule is O=c1cc(OCCCNCCCN2CCOCC2)c2ccccc2o1. The second-order valence-electron chi connectivity index (χ2n) is 6.19. The van der Waals surface area contributed by atoms with Gasteiger partial charge in [-0.15, -0.1) is 0 Å². The van der Waals surface area contributed by atoms with Crippen LogP contribution in [0, 0.1) is 0 Å². The maximum atomic E-state index is 11.6. The Morgan fingerprint density at radius 2 is 1.92 bits per heavy atom. The van der Waals surface area contributed by atoms with Crippen LogP contribution in [-0.2, 0) is 4.74 Å². The molecular formula is C19H26N2O4. The molecule has 0 saturated carbocycles. The van der Waals surface area contributed by atoms with E-state index in [4.69, 9.17) is 13.9 Å². The van der Waals surface area contributed by atoms with E-state index in [0.717, 1.165) is 64.2 Å². The van der Waals surface area contributed by atoms with Crippen molar-refractivity contribution in [3.05, 3.63) is 40.8 Å². The number of hydrogen-bond acceptors (Lipinski definition) is 6. The zero-order valence-corrected chi connectivity index (χ0v) is 14.5. The molecule has 0 atom stereocenters. The van der Waals surface area contributed by atoms with E-state index in [2.05, 4.69) is 10.2 Å². The second-order valence-corrected chi connectivity index (χ2v) is 6.19. The molecule has 1 aliphatic rings. The molecule has 6 heteroatoms. The van der Waals surface area contributed by atoms with E-state index in [0.29, 0.717) is 17.9 Å². The van der Waals surface area contributed by atoms with Gasteiger partial charge in [0.1, 0.15) is 11.3 Å². The molecule has 1 saturated heterocycles. The zero-order valence-electron chi connectivity index (χ0n) is 14.5. The van der Waals surface area contributed by atoms with E-state index in [-0.39, 0.29) is 5.63 Å². The van der Waals surface area contributed by atoms with Gasteiger partial charge in [-0.2, -0.15) is 0 Å². The lowest BCUT2D eigenvalue weighted by Gasteiger charge is -2.26. The first-order valence-electron chi connectivity index (χ1n) is 8.99. The average Bonchev–Trinajstić information content (AvgIpc) is 2.64. The number of ether oxygens (including phenoxy) is 2. The molecule has 136 valence electrons. The van der Waals surface area contributed by atoms with Crippen molar-refractivity contribution in [2.45, 2.75) is 12.8 Å². The van der Waals surface area contributed by atoms with Gasteiger partial charge in [0.25, 0.3) is 0 Å². The minimum absolute atomic E-state index is 0.380. The second kappa shape index (κ2) is 9.56. The summed E-state index contributed by atoms with van der Waals surface area (Å²) in [6.45, 7) is 7.43. The van der Waals surface area contributed by atoms with Gasteiger partial charge in [0.15, 0.2) is 0 Å². The third-order valence-corrected chi connectivity index (χ3v) is 4.30. The van der Waals surface area contributed by atoms with Gasteiger partial charge < -0.3 is 19.2 Å². The van der Waals surface area contributed by atoms with Crippen molar-refractivity contribution < 1.29 is 13.9 Å². The number of benzene rings is 1. The monoisotopic (exact) mass is 346 g/mol. The summed E-state index contributed by atoms with van der Waals surface area (Å²) in [4.78, 5) is 14.0. The molecule has 0 unspecified atom stereocenters. The lowest BCUT2D eigenvalue weighted by atomic mass is 10.2. The normalized spacial score (nSPS) is 15.5. The number of para-hydroxylation sites is 1. The smallest absolute Gasteiger partial charge is 0.339 e. The molecule has 2 aromatic rings. The molecule has 0 spiro atoms. The molecule has 0 amide bonds. The number of fused-ring (bicyclic) bond motifs is 1. The van der Waals surface area contributed by atoms with Crippen LogP contribution in [0.15, 0.2) is 39.5 Å². The summed E-state index contributed by atoms with van der Waals surface area (Å²) in [5.74, 6) is 0.596. The minimum Gasteiger partial charge on any atom is -0.492 e. The molecule has 6 nitrogen and oxygen atoms in total. The van der Waals surface area contributed by atoms with E-state index in [1.54, 1.807) is 6.07 Å². The topological polar surface area (TPSA) is 63.9 Å². The van der Waals surface area contributed by atoms with Crippen LogP contribution < -0.4 is 15.7 Å². The third kappa shape index (κ3) is 5.56. The summed E-state index contributed by atoms with van der Waals surface area (Å²) >= 11 is 0. The molecule has 0 aliphatic carbocycles. The molecule has 2 heterocycles. The Bertz CT molecular complexity index is 710. The lowest BCUT2D eigenvalue weighted by Crippen LogP contribution is -2.37. The Hall–Kier alpha value is -1.89. The quantitative estimate of drug-likeness (QED) is 0.552. The van der Waals surface area contributed by atoms with Crippen LogP contribution in [0.4, 0.5) is 0 Å². The first-order chi connectivity index (χ1) is 12.3. The molecule has 1 N–H and O–H groups in total. The largest absolute Gasteiger partial charge is 0.492 e. The maximum absolute atomic E-state index is 11.6. The van der Waals surface area contributed by atoms with Gasteiger partial charge in [0.05, 0.1) is 31.3 Å². The van der Waals surface area contributed by atoms with Crippen LogP contribution in [-0.4, -0.2) is 57.4 Å². The Morgan fingerprint density at radius 1 is 1.12 bits per heavy atom. The van der Waals surface area contributed by atoms with Crippen molar-refractivity contribution in [3.8, 4) is 5.75 Å². The Kier molecular flexibility index (Phi) is 6.85. The first kappa shape index (κ1) is 17.9. The van der Waals surface area contributed by atoms with Gasteiger partial charge in [-0.1, -0.05) is 12.1 Å². The van der Waals surface area contributed by atoms with Crippen molar-refractivity contribution in [2.75, 3.05) is 52.5 Å². The van der Waals surface area contributed by atoms with E-state index in [9.17, 15) is 4.79 Å². The van der Waals surface area contributed by atoms with E-state index >= 15 is 0 Å². The summed E-state index contributed by atoms with van der Waals surface area (Å²) in [6.07, 6.45) is 2.04. The predicted octanol–water partition coefficient (Wildman–Crippen LogP) is 1.87. The van der Waals surface area contributed by atoms with Crippen LogP contribution in [0.5, 0.6) is 5.75 Å². The molecule has 0 bridgehead atoms. The zero-order chi connectivity index (χ0) is 17.3. The number of nitrogens with one attached hydrogen (secondary N) is 1. The number of hydrogen-bond donors (Lipinski definition) is 1. The highest BCUT2D eigenvalue weighted by molar-refractivity contribution is 5.82. The maximum Gasteiger partial charge on any atom is 0.339 e. The van der Waals surface area contributed by atoms with E-state index in [1.165, 1.54) is 6.07 Å². The van der Waals surface area contributed by atoms with Gasteiger partial charge in [-0.3, -0.25) is 4.90 Å². The molecule has 1 aromatic heterocycles. The van der Waals surface area contributed by atoms with Crippen molar-refractivity contribution in [2.24, 2.45) is 0 Å². The van der Waals surface area contributed by atoms with Gasteiger partial charge >= 0.3 is 5.63 Å². The highest BCUT2D eigenvalue weighted by Gasteiger charge is 2.09. The standard InChI is InChI=1S/C19H26N2O4/c22-19-15-18(16-5-1-2-6-17(16)25-19)24-12-4-8-20-7-3-9-21-10-13-23-14-11-21/h1-2,5-6,15,20H,3-4,7-14H2. The van der Waals surface area contributed by atoms with Crippen molar-refractivity contribution in [1.82, 2.24) is 10.2 Å². The molecule has 1 aliphatic heterocycles. The van der Waals surface area contributed by atoms with Crippen molar-refractivity contribution >= 4 is 11.0 Å². The predicted molar refractivity (Wildman–Crippen MR) is 97.3 cm³/mol. The minimum atomic E-state index is -0.380. The number of morpholine rings is 1. The van der Waals surface area contributed by atoms with Crippen LogP contribution in [0.2, 0.25) is 0 Å². The summed E-state index contributed by atoms with van der Waals surface area (Å²) in [7, 11) is 0. The Morgan fingerprint density at radius 3 is 2.80 bits per heavy atom. The summed E-state index contributed by atoms with van der Waals surface area (Å²) in [5, 5.41) is 4.28. The highest BCUT2D eigenvalue weighted by Crippen LogP contribution is 2.23. The average molecular weight is 346 g/mol. The molecule has 1 fully saturated rings. The highest BCUT2D eigenvalue weighted by atomic mass is 16.5. The molecule has 25 heavy (non-hydrogen) atoms. The summed E-state index contributed by atoms with van der Waals surface area (Å²) < 4.78 is 16.3. The number of nitrogens with zero attached hydrogens (tertiary/aromatic N) is 1. The van der Waals surface area contributed by atoms with E-state index < -0.39 is 0 Å². The van der Waals surface area contributed by atoms with Crippen LogP contribution in [0.1, 0.15) is 12.8 Å². The molecular weight excluding hydrogens is 320 g/mol. The Labute approximate surface area is 147 Å². The molecule has 1 aromatic carbocycles. The Balaban J connectivity index is 1.32. The van der Waals surface area contributed by atoms with Gasteiger partial charge in [0, 0.05) is 13.1 Å². The lowest BCUT2D eigenvalue weighted by molar-refractivity contribution is 0.0374. The molecule has 3 rings (SSSR count). The van der Waals surface area contributed by atoms with Crippen molar-refractivity contribution in [3.63, 3.8) is 0 Å². The molecule has 0 radical (unpaired) electrons. The van der Waals surface area contributed by atoms with Gasteiger partial charge in [-0.05, 0) is 44.6 Å². The van der Waals surface area contributed by atoms with Crippen LogP contribution >= 0.6 is 0 Å². The van der Waals surface area contributed by atoms with Gasteiger partial charge in [-0.25, -0.2) is 4.79 Å². The van der Waals surface area contributed by atoms with Crippen molar-refractivity contribution in [1.29, 1.82) is 0 Å². The third-order valence-electron chi connectivity index (χ3n) is 4.30. The fourth-order valence-electron chi connectivity index (χ4n) is 2.96. The summed E-state index contributed by atoms with van der Waals surface area (Å²) in [6, 6.07) is 8.84. The fraction of sp³-hybridized carbons (Fsp3) is 0.526. The summed E-state index contributed by atoms with van der Waals surface area (Å²) in [5.41, 5.74) is 0.182.